The summed E-state index contributed by atoms with van der Waals surface area (Å²) in [6.45, 7) is 2.11. The number of methoxy groups -OCH3 is 1. The van der Waals surface area contributed by atoms with Crippen LogP contribution in [-0.2, 0) is 16.0 Å². The molecule has 1 amide bonds. The highest BCUT2D eigenvalue weighted by atomic mass is 32.1. The van der Waals surface area contributed by atoms with Crippen LogP contribution in [0.4, 0.5) is 0 Å². The Bertz CT molecular complexity index is 1200. The van der Waals surface area contributed by atoms with Crippen molar-refractivity contribution >= 4 is 37.8 Å². The summed E-state index contributed by atoms with van der Waals surface area (Å²) in [5, 5.41) is 6.41. The van der Waals surface area contributed by atoms with Gasteiger partial charge in [0.1, 0.15) is 0 Å². The summed E-state index contributed by atoms with van der Waals surface area (Å²) in [7, 11) is 4.23. The molecule has 34 heavy (non-hydrogen) atoms. The molecule has 0 radical (unpaired) electrons. The number of carbonyl (C=O) groups excluding carboxylic acids is 2. The molecule has 1 atom stereocenters. The van der Waals surface area contributed by atoms with Gasteiger partial charge < -0.3 is 10.1 Å². The van der Waals surface area contributed by atoms with Crippen molar-refractivity contribution in [2.75, 3.05) is 7.11 Å². The van der Waals surface area contributed by atoms with Gasteiger partial charge in [-0.3, -0.25) is 9.59 Å². The number of thiophene rings is 1. The van der Waals surface area contributed by atoms with Gasteiger partial charge in [-0.2, -0.15) is 0 Å². The van der Waals surface area contributed by atoms with Crippen molar-refractivity contribution in [3.63, 3.8) is 0 Å². The largest absolute Gasteiger partial charge is 0.469 e. The van der Waals surface area contributed by atoms with Gasteiger partial charge in [0.25, 0.3) is 5.91 Å². The quantitative estimate of drug-likeness (QED) is 0.377. The second-order valence-electron chi connectivity index (χ2n) is 9.99. The van der Waals surface area contributed by atoms with Crippen molar-refractivity contribution < 1.29 is 14.3 Å². The smallest absolute Gasteiger partial charge is 0.308 e. The number of ether oxygens (including phenoxy) is 1. The zero-order chi connectivity index (χ0) is 23.9. The van der Waals surface area contributed by atoms with E-state index in [1.807, 2.05) is 5.38 Å². The maximum Gasteiger partial charge on any atom is 0.308 e. The van der Waals surface area contributed by atoms with Crippen LogP contribution in [0.15, 0.2) is 53.9 Å². The topological polar surface area (TPSA) is 55.4 Å². The first-order chi connectivity index (χ1) is 16.3. The predicted octanol–water partition coefficient (Wildman–Crippen LogP) is 5.28. The average molecular weight is 492 g/mol. The maximum atomic E-state index is 13.0. The molecule has 5 rings (SSSR count). The lowest BCUT2D eigenvalue weighted by molar-refractivity contribution is -0.159. The van der Waals surface area contributed by atoms with E-state index in [1.165, 1.54) is 46.0 Å². The molecule has 6 heteroatoms. The molecule has 2 saturated carbocycles. The molecule has 3 aromatic rings. The van der Waals surface area contributed by atoms with E-state index in [0.717, 1.165) is 42.5 Å². The molecule has 2 aromatic carbocycles. The van der Waals surface area contributed by atoms with E-state index in [4.69, 9.17) is 4.74 Å². The Morgan fingerprint density at radius 3 is 2.47 bits per heavy atom. The van der Waals surface area contributed by atoms with Gasteiger partial charge in [0.2, 0.25) is 0 Å². The van der Waals surface area contributed by atoms with Crippen molar-refractivity contribution in [2.24, 2.45) is 11.3 Å². The third-order valence-corrected chi connectivity index (χ3v) is 8.61. The molecule has 2 fully saturated rings. The first-order valence-corrected chi connectivity index (χ1v) is 13.2. The zero-order valence-corrected chi connectivity index (χ0v) is 21.6. The van der Waals surface area contributed by atoms with Crippen LogP contribution in [-0.4, -0.2) is 25.0 Å². The highest BCUT2D eigenvalue weighted by Gasteiger charge is 2.55. The number of aryl methyl sites for hydroxylation is 1. The van der Waals surface area contributed by atoms with E-state index in [9.17, 15) is 9.59 Å². The first kappa shape index (κ1) is 23.3. The molecule has 1 unspecified atom stereocenters. The van der Waals surface area contributed by atoms with Crippen molar-refractivity contribution in [2.45, 2.75) is 45.1 Å². The highest BCUT2D eigenvalue weighted by molar-refractivity contribution is 7.27. The minimum atomic E-state index is -0.0950. The summed E-state index contributed by atoms with van der Waals surface area (Å²) >= 11 is 1.51. The summed E-state index contributed by atoms with van der Waals surface area (Å²) in [6.07, 6.45) is 4.46. The van der Waals surface area contributed by atoms with Gasteiger partial charge in [-0.05, 0) is 95.1 Å². The predicted molar refractivity (Wildman–Crippen MR) is 141 cm³/mol. The van der Waals surface area contributed by atoms with Crippen molar-refractivity contribution in [1.82, 2.24) is 5.32 Å². The fraction of sp³-hybridized carbons (Fsp3) is 0.357. The van der Waals surface area contributed by atoms with Gasteiger partial charge in [0, 0.05) is 6.04 Å². The molecule has 4 nitrogen and oxygen atoms in total. The molecule has 176 valence electrons. The minimum absolute atomic E-state index is 0.0260. The molecule has 0 aliphatic heterocycles. The minimum Gasteiger partial charge on any atom is -0.469 e. The maximum absolute atomic E-state index is 13.0. The van der Waals surface area contributed by atoms with Gasteiger partial charge >= 0.3 is 5.97 Å². The van der Waals surface area contributed by atoms with Gasteiger partial charge in [-0.1, -0.05) is 36.4 Å². The fourth-order valence-corrected chi connectivity index (χ4v) is 6.95. The Labute approximate surface area is 207 Å². The Balaban J connectivity index is 1.18. The lowest BCUT2D eigenvalue weighted by atomic mass is 9.50. The van der Waals surface area contributed by atoms with Gasteiger partial charge in [0.05, 0.1) is 17.9 Å². The van der Waals surface area contributed by atoms with Crippen LogP contribution < -0.4 is 10.6 Å². The number of hydrogen-bond donors (Lipinski definition) is 1. The SMILES string of the molecule is COC(=O)C1CC2(CC(NC(=O)c3sccc3Cc3ccc(-c4cc(C)cc(P)c4)cc3)C2)C1. The Hall–Kier alpha value is -2.49. The van der Waals surface area contributed by atoms with Crippen LogP contribution in [0.5, 0.6) is 0 Å². The summed E-state index contributed by atoms with van der Waals surface area (Å²) in [5.41, 5.74) is 6.17. The molecule has 2 aliphatic rings. The summed E-state index contributed by atoms with van der Waals surface area (Å²) in [6, 6.07) is 17.4. The van der Waals surface area contributed by atoms with E-state index in [1.54, 1.807) is 0 Å². The second kappa shape index (κ2) is 9.28. The molecule has 0 saturated heterocycles. The Morgan fingerprint density at radius 1 is 1.06 bits per heavy atom. The highest BCUT2D eigenvalue weighted by Crippen LogP contribution is 2.59. The van der Waals surface area contributed by atoms with E-state index in [-0.39, 0.29) is 29.3 Å². The van der Waals surface area contributed by atoms with Gasteiger partial charge in [-0.15, -0.1) is 20.6 Å². The molecule has 1 spiro atoms. The average Bonchev–Trinajstić information content (AvgIpc) is 3.22. The lowest BCUT2D eigenvalue weighted by Crippen LogP contribution is -2.57. The van der Waals surface area contributed by atoms with Crippen LogP contribution in [0.2, 0.25) is 0 Å². The van der Waals surface area contributed by atoms with E-state index < -0.39 is 0 Å². The fourth-order valence-electron chi connectivity index (χ4n) is 5.68. The third-order valence-electron chi connectivity index (χ3n) is 7.32. The number of amides is 1. The zero-order valence-electron chi connectivity index (χ0n) is 19.6. The van der Waals surface area contributed by atoms with Crippen LogP contribution >= 0.6 is 20.6 Å². The van der Waals surface area contributed by atoms with Gasteiger partial charge in [0.15, 0.2) is 0 Å². The van der Waals surface area contributed by atoms with Crippen LogP contribution in [0.25, 0.3) is 11.1 Å². The van der Waals surface area contributed by atoms with Gasteiger partial charge in [-0.25, -0.2) is 0 Å². The number of carbonyl (C=O) groups is 2. The number of rotatable bonds is 6. The van der Waals surface area contributed by atoms with E-state index in [2.05, 4.69) is 70.0 Å². The first-order valence-electron chi connectivity index (χ1n) is 11.8. The van der Waals surface area contributed by atoms with E-state index >= 15 is 0 Å². The Morgan fingerprint density at radius 2 is 1.79 bits per heavy atom. The van der Waals surface area contributed by atoms with Crippen molar-refractivity contribution in [1.29, 1.82) is 0 Å². The lowest BCUT2D eigenvalue weighted by Gasteiger charge is -2.56. The van der Waals surface area contributed by atoms with Crippen LogP contribution in [0.1, 0.15) is 52.0 Å². The molecule has 0 bridgehead atoms. The molecule has 1 heterocycles. The summed E-state index contributed by atoms with van der Waals surface area (Å²) in [5.74, 6) is -0.0221. The summed E-state index contributed by atoms with van der Waals surface area (Å²) in [4.78, 5) is 25.4. The molecule has 1 aromatic heterocycles. The Kier molecular flexibility index (Phi) is 6.35. The normalized spacial score (nSPS) is 23.1. The number of benzene rings is 2. The van der Waals surface area contributed by atoms with Crippen LogP contribution in [0.3, 0.4) is 0 Å². The third kappa shape index (κ3) is 4.69. The molecule has 1 N–H and O–H groups in total. The number of esters is 1. The monoisotopic (exact) mass is 491 g/mol. The molecule has 2 aliphatic carbocycles. The standard InChI is InChI=1S/C28H30NO3PS/c1-17-9-21(12-24(33)10-17)19-5-3-18(4-6-19)11-20-7-8-34-25(20)26(30)29-23-15-28(16-23)13-22(14-28)27(31)32-2/h3-10,12,22-23H,11,13-16,33H2,1-2H3,(H,29,30). The molecular weight excluding hydrogens is 461 g/mol. The molecular formula is C28H30NO3PS. The van der Waals surface area contributed by atoms with Crippen molar-refractivity contribution in [3.05, 3.63) is 75.5 Å². The number of hydrogen-bond acceptors (Lipinski definition) is 4. The second-order valence-corrected chi connectivity index (χ2v) is 11.6. The van der Waals surface area contributed by atoms with Crippen LogP contribution in [0, 0.1) is 18.3 Å². The summed E-state index contributed by atoms with van der Waals surface area (Å²) < 4.78 is 4.85. The van der Waals surface area contributed by atoms with E-state index in [0.29, 0.717) is 0 Å². The number of nitrogens with one attached hydrogen (secondary N) is 1. The van der Waals surface area contributed by atoms with Crippen molar-refractivity contribution in [3.8, 4) is 11.1 Å².